The van der Waals surface area contributed by atoms with E-state index in [9.17, 15) is 9.59 Å². The fourth-order valence-electron chi connectivity index (χ4n) is 1.17. The van der Waals surface area contributed by atoms with E-state index in [4.69, 9.17) is 20.5 Å². The first-order valence-corrected chi connectivity index (χ1v) is 6.03. The normalized spacial score (nSPS) is 9.00. The molecule has 0 saturated heterocycles. The highest BCUT2D eigenvalue weighted by molar-refractivity contribution is 5.70. The number of azide groups is 2. The van der Waals surface area contributed by atoms with E-state index in [1.165, 1.54) is 0 Å². The molecule has 0 aromatic carbocycles. The van der Waals surface area contributed by atoms with Crippen molar-refractivity contribution in [1.29, 1.82) is 0 Å². The highest BCUT2D eigenvalue weighted by atomic mass is 16.5. The van der Waals surface area contributed by atoms with Crippen LogP contribution in [0.25, 0.3) is 20.9 Å². The fraction of sp³-hybridized carbons (Fsp3) is 0.800. The third kappa shape index (κ3) is 12.0. The van der Waals surface area contributed by atoms with Crippen LogP contribution in [0.5, 0.6) is 0 Å². The second-order valence-corrected chi connectivity index (χ2v) is 3.56. The van der Waals surface area contributed by atoms with E-state index < -0.39 is 11.9 Å². The van der Waals surface area contributed by atoms with E-state index in [1.807, 2.05) is 0 Å². The second-order valence-electron chi connectivity index (χ2n) is 3.56. The number of esters is 2. The molecular weight excluding hydrogens is 268 g/mol. The van der Waals surface area contributed by atoms with Crippen molar-refractivity contribution in [1.82, 2.24) is 0 Å². The third-order valence-corrected chi connectivity index (χ3v) is 2.05. The lowest BCUT2D eigenvalue weighted by molar-refractivity contribution is -0.145. The van der Waals surface area contributed by atoms with Crippen LogP contribution in [0.15, 0.2) is 10.2 Å². The summed E-state index contributed by atoms with van der Waals surface area (Å²) in [7, 11) is 0. The molecule has 0 spiro atoms. The third-order valence-electron chi connectivity index (χ3n) is 2.05. The van der Waals surface area contributed by atoms with Gasteiger partial charge in [0.15, 0.2) is 0 Å². The number of carbonyl (C=O) groups is 2. The molecule has 0 aliphatic rings. The van der Waals surface area contributed by atoms with Crippen molar-refractivity contribution in [2.75, 3.05) is 26.3 Å². The van der Waals surface area contributed by atoms with Crippen molar-refractivity contribution in [2.24, 2.45) is 10.2 Å². The van der Waals surface area contributed by atoms with Gasteiger partial charge in [-0.05, 0) is 23.9 Å². The number of nitrogens with zero attached hydrogens (tertiary/aromatic N) is 6. The predicted molar refractivity (Wildman–Crippen MR) is 68.4 cm³/mol. The van der Waals surface area contributed by atoms with Crippen LogP contribution in [0, 0.1) is 0 Å². The molecule has 0 amide bonds. The van der Waals surface area contributed by atoms with Gasteiger partial charge in [-0.15, -0.1) is 0 Å². The monoisotopic (exact) mass is 284 g/mol. The maximum Gasteiger partial charge on any atom is 0.305 e. The van der Waals surface area contributed by atoms with Gasteiger partial charge in [-0.2, -0.15) is 0 Å². The molecule has 0 bridgehead atoms. The molecule has 0 radical (unpaired) electrons. The molecule has 0 aliphatic heterocycles. The van der Waals surface area contributed by atoms with E-state index in [1.54, 1.807) is 0 Å². The van der Waals surface area contributed by atoms with Crippen LogP contribution >= 0.6 is 0 Å². The quantitative estimate of drug-likeness (QED) is 0.188. The number of unbranched alkanes of at least 4 members (excludes halogenated alkanes) is 1. The maximum atomic E-state index is 11.2. The molecule has 0 aromatic rings. The van der Waals surface area contributed by atoms with Gasteiger partial charge in [0.1, 0.15) is 0 Å². The Balaban J connectivity index is 3.45. The zero-order chi connectivity index (χ0) is 15.1. The van der Waals surface area contributed by atoms with Gasteiger partial charge in [0.05, 0.1) is 26.3 Å². The number of ether oxygens (including phenoxy) is 2. The molecule has 20 heavy (non-hydrogen) atoms. The average molecular weight is 284 g/mol. The molecule has 0 heterocycles. The summed E-state index contributed by atoms with van der Waals surface area (Å²) < 4.78 is 9.55. The van der Waals surface area contributed by atoms with Crippen LogP contribution in [-0.4, -0.2) is 38.2 Å². The molecule has 0 aliphatic carbocycles. The minimum atomic E-state index is -0.394. The molecule has 0 atom stereocenters. The summed E-state index contributed by atoms with van der Waals surface area (Å²) in [5, 5.41) is 6.43. The van der Waals surface area contributed by atoms with Crippen molar-refractivity contribution in [3.8, 4) is 0 Å². The first kappa shape index (κ1) is 17.6. The van der Waals surface area contributed by atoms with Crippen LogP contribution in [0.1, 0.15) is 25.7 Å². The summed E-state index contributed by atoms with van der Waals surface area (Å²) in [4.78, 5) is 27.4. The zero-order valence-corrected chi connectivity index (χ0v) is 11.0. The van der Waals surface area contributed by atoms with E-state index in [0.717, 1.165) is 0 Å². The van der Waals surface area contributed by atoms with Crippen LogP contribution in [0.3, 0.4) is 0 Å². The van der Waals surface area contributed by atoms with E-state index in [-0.39, 0.29) is 39.1 Å². The maximum absolute atomic E-state index is 11.2. The van der Waals surface area contributed by atoms with Crippen molar-refractivity contribution in [3.63, 3.8) is 0 Å². The Morgan fingerprint density at radius 3 is 1.60 bits per heavy atom. The molecule has 0 N–H and O–H groups in total. The standard InChI is InChI=1S/C10H16N6O4/c11-15-13-5-7-19-9(17)3-1-2-4-10(18)20-8-6-14-16-12/h1-8H2. The summed E-state index contributed by atoms with van der Waals surface area (Å²) in [6, 6.07) is 0. The smallest absolute Gasteiger partial charge is 0.305 e. The summed E-state index contributed by atoms with van der Waals surface area (Å²) in [5.74, 6) is -0.787. The Kier molecular flexibility index (Phi) is 11.4. The zero-order valence-electron chi connectivity index (χ0n) is 11.0. The van der Waals surface area contributed by atoms with Crippen LogP contribution in [0.2, 0.25) is 0 Å². The predicted octanol–water partition coefficient (Wildman–Crippen LogP) is 2.25. The Morgan fingerprint density at radius 2 is 1.25 bits per heavy atom. The second kappa shape index (κ2) is 13.0. The highest BCUT2D eigenvalue weighted by Crippen LogP contribution is 2.03. The largest absolute Gasteiger partial charge is 0.466 e. The number of hydrogen-bond acceptors (Lipinski definition) is 6. The van der Waals surface area contributed by atoms with Crippen molar-refractivity contribution < 1.29 is 19.1 Å². The molecule has 0 rings (SSSR count). The van der Waals surface area contributed by atoms with Crippen molar-refractivity contribution >= 4 is 11.9 Å². The van der Waals surface area contributed by atoms with Gasteiger partial charge in [0, 0.05) is 22.7 Å². The molecule has 0 saturated carbocycles. The summed E-state index contributed by atoms with van der Waals surface area (Å²) in [6.07, 6.45) is 1.40. The number of carbonyl (C=O) groups excluding carboxylic acids is 2. The molecule has 0 fully saturated rings. The Bertz CT molecular complexity index is 363. The van der Waals surface area contributed by atoms with E-state index >= 15 is 0 Å². The first-order valence-electron chi connectivity index (χ1n) is 6.03. The molecule has 110 valence electrons. The minimum Gasteiger partial charge on any atom is -0.466 e. The van der Waals surface area contributed by atoms with Gasteiger partial charge in [-0.3, -0.25) is 9.59 Å². The molecule has 10 heteroatoms. The van der Waals surface area contributed by atoms with Gasteiger partial charge < -0.3 is 9.47 Å². The Morgan fingerprint density at radius 1 is 0.850 bits per heavy atom. The van der Waals surface area contributed by atoms with Crippen LogP contribution in [-0.2, 0) is 19.1 Å². The SMILES string of the molecule is [N-]=[N+]=NCCOC(=O)CCCCC(=O)OCCN=[N+]=[N-]. The lowest BCUT2D eigenvalue weighted by Crippen LogP contribution is -2.09. The fourth-order valence-corrected chi connectivity index (χ4v) is 1.17. The van der Waals surface area contributed by atoms with Crippen LogP contribution < -0.4 is 0 Å². The summed E-state index contributed by atoms with van der Waals surface area (Å²) >= 11 is 0. The van der Waals surface area contributed by atoms with Gasteiger partial charge in [0.2, 0.25) is 0 Å². The van der Waals surface area contributed by atoms with Gasteiger partial charge >= 0.3 is 11.9 Å². The van der Waals surface area contributed by atoms with E-state index in [0.29, 0.717) is 12.8 Å². The Labute approximate surface area is 115 Å². The van der Waals surface area contributed by atoms with Gasteiger partial charge in [0.25, 0.3) is 0 Å². The first-order chi connectivity index (χ1) is 9.70. The topological polar surface area (TPSA) is 150 Å². The summed E-state index contributed by atoms with van der Waals surface area (Å²) in [6.45, 7) is 0.341. The van der Waals surface area contributed by atoms with Crippen LogP contribution in [0.4, 0.5) is 0 Å². The minimum absolute atomic E-state index is 0.0599. The Hall–Kier alpha value is -2.44. The molecular formula is C10H16N6O4. The molecule has 0 unspecified atom stereocenters. The van der Waals surface area contributed by atoms with Gasteiger partial charge in [-0.1, -0.05) is 10.2 Å². The summed E-state index contributed by atoms with van der Waals surface area (Å²) in [5.41, 5.74) is 16.0. The lowest BCUT2D eigenvalue weighted by atomic mass is 10.2. The average Bonchev–Trinajstić information content (AvgIpc) is 2.44. The lowest BCUT2D eigenvalue weighted by Gasteiger charge is -2.03. The van der Waals surface area contributed by atoms with Crippen molar-refractivity contribution in [2.45, 2.75) is 25.7 Å². The molecule has 10 nitrogen and oxygen atoms in total. The highest BCUT2D eigenvalue weighted by Gasteiger charge is 2.05. The number of rotatable bonds is 11. The number of hydrogen-bond donors (Lipinski definition) is 0. The van der Waals surface area contributed by atoms with Crippen molar-refractivity contribution in [3.05, 3.63) is 20.9 Å². The van der Waals surface area contributed by atoms with Gasteiger partial charge in [-0.25, -0.2) is 0 Å². The molecule has 0 aromatic heterocycles. The van der Waals surface area contributed by atoms with E-state index in [2.05, 4.69) is 20.1 Å².